The minimum atomic E-state index is 0.283. The van der Waals surface area contributed by atoms with E-state index >= 15 is 0 Å². The minimum absolute atomic E-state index is 0.283. The number of benzene rings is 2. The fourth-order valence-electron chi connectivity index (χ4n) is 5.31. The molecule has 0 saturated carbocycles. The zero-order valence-electron chi connectivity index (χ0n) is 20.5. The molecule has 182 valence electrons. The molecule has 0 saturated heterocycles. The molecule has 0 bridgehead atoms. The van der Waals surface area contributed by atoms with Gasteiger partial charge >= 0.3 is 0 Å². The first-order valence-electron chi connectivity index (χ1n) is 12.8. The minimum Gasteiger partial charge on any atom is -0.364 e. The number of fused-ring (bicyclic) bond motifs is 2. The molecule has 0 radical (unpaired) electrons. The first-order chi connectivity index (χ1) is 17.8. The molecule has 6 nitrogen and oxygen atoms in total. The van der Waals surface area contributed by atoms with Gasteiger partial charge in [-0.15, -0.1) is 0 Å². The average molecular weight is 477 g/mol. The molecule has 1 aliphatic carbocycles. The second-order valence-corrected chi connectivity index (χ2v) is 9.68. The maximum Gasteiger partial charge on any atom is 0.121 e. The summed E-state index contributed by atoms with van der Waals surface area (Å²) in [7, 11) is 0. The summed E-state index contributed by atoms with van der Waals surface area (Å²) in [6.45, 7) is 3.30. The van der Waals surface area contributed by atoms with E-state index in [9.17, 15) is 0 Å². The lowest BCUT2D eigenvalue weighted by atomic mass is 9.90. The van der Waals surface area contributed by atoms with Crippen molar-refractivity contribution in [3.05, 3.63) is 119 Å². The van der Waals surface area contributed by atoms with Crippen LogP contribution in [-0.2, 0) is 32.6 Å². The highest BCUT2D eigenvalue weighted by atomic mass is 15.2. The molecule has 3 N–H and O–H groups in total. The predicted molar refractivity (Wildman–Crippen MR) is 143 cm³/mol. The molecule has 0 aliphatic heterocycles. The van der Waals surface area contributed by atoms with Crippen molar-refractivity contribution in [2.24, 2.45) is 0 Å². The Morgan fingerprint density at radius 1 is 0.889 bits per heavy atom. The number of hydrogen-bond donors (Lipinski definition) is 3. The summed E-state index contributed by atoms with van der Waals surface area (Å²) in [5.41, 5.74) is 8.52. The fourth-order valence-corrected chi connectivity index (χ4v) is 5.31. The number of hydrogen-bond acceptors (Lipinski definition) is 4. The van der Waals surface area contributed by atoms with Gasteiger partial charge in [0, 0.05) is 37.7 Å². The van der Waals surface area contributed by atoms with Crippen molar-refractivity contribution in [2.75, 3.05) is 0 Å². The third-order valence-corrected chi connectivity index (χ3v) is 7.11. The van der Waals surface area contributed by atoms with Crippen molar-refractivity contribution in [3.8, 4) is 0 Å². The maximum atomic E-state index is 4.89. The van der Waals surface area contributed by atoms with Gasteiger partial charge in [-0.1, -0.05) is 42.5 Å². The average Bonchev–Trinajstić information content (AvgIpc) is 3.58. The Labute approximate surface area is 211 Å². The molecule has 0 fully saturated rings. The molecule has 6 heteroatoms. The number of nitrogens with one attached hydrogen (secondary N) is 3. The lowest BCUT2D eigenvalue weighted by Gasteiger charge is -2.34. The molecule has 3 aromatic heterocycles. The summed E-state index contributed by atoms with van der Waals surface area (Å²) < 4.78 is 0. The van der Waals surface area contributed by atoms with E-state index in [2.05, 4.69) is 80.8 Å². The molecule has 5 aromatic rings. The van der Waals surface area contributed by atoms with Crippen LogP contribution in [0.15, 0.2) is 85.2 Å². The largest absolute Gasteiger partial charge is 0.364 e. The van der Waals surface area contributed by atoms with Crippen LogP contribution in [0.1, 0.15) is 52.8 Å². The number of para-hydroxylation sites is 2. The highest BCUT2D eigenvalue weighted by molar-refractivity contribution is 5.74. The molecule has 36 heavy (non-hydrogen) atoms. The lowest BCUT2D eigenvalue weighted by Crippen LogP contribution is -2.31. The Morgan fingerprint density at radius 3 is 2.64 bits per heavy atom. The van der Waals surface area contributed by atoms with Gasteiger partial charge in [0.15, 0.2) is 0 Å². The van der Waals surface area contributed by atoms with E-state index in [1.54, 1.807) is 0 Å². The predicted octanol–water partition coefficient (Wildman–Crippen LogP) is 5.66. The molecule has 3 heterocycles. The highest BCUT2D eigenvalue weighted by Crippen LogP contribution is 2.34. The van der Waals surface area contributed by atoms with E-state index in [1.165, 1.54) is 34.5 Å². The number of aryl methyl sites for hydroxylation is 1. The summed E-state index contributed by atoms with van der Waals surface area (Å²) in [6.07, 6.45) is 7.31. The van der Waals surface area contributed by atoms with Crippen molar-refractivity contribution in [1.82, 2.24) is 30.2 Å². The number of aromatic nitrogens is 4. The SMILES string of the molecule is c1c[nH]c(CNCc2ccc(CN(Cc3nc4ccccc4[nH]3)C3CCCc4cccnc43)cc2)c1. The van der Waals surface area contributed by atoms with E-state index in [-0.39, 0.29) is 6.04 Å². The number of rotatable bonds is 9. The quantitative estimate of drug-likeness (QED) is 0.257. The summed E-state index contributed by atoms with van der Waals surface area (Å²) in [5, 5.41) is 3.51. The smallest absolute Gasteiger partial charge is 0.121 e. The monoisotopic (exact) mass is 476 g/mol. The van der Waals surface area contributed by atoms with Crippen LogP contribution < -0.4 is 5.32 Å². The Kier molecular flexibility index (Phi) is 6.61. The zero-order chi connectivity index (χ0) is 24.2. The molecule has 0 amide bonds. The molecule has 6 rings (SSSR count). The second kappa shape index (κ2) is 10.5. The molecular formula is C30H32N6. The van der Waals surface area contributed by atoms with Gasteiger partial charge in [-0.2, -0.15) is 0 Å². The van der Waals surface area contributed by atoms with Crippen molar-refractivity contribution in [3.63, 3.8) is 0 Å². The van der Waals surface area contributed by atoms with E-state index in [0.717, 1.165) is 55.9 Å². The Bertz CT molecular complexity index is 1370. The van der Waals surface area contributed by atoms with E-state index in [0.29, 0.717) is 0 Å². The van der Waals surface area contributed by atoms with Crippen LogP contribution >= 0.6 is 0 Å². The lowest BCUT2D eigenvalue weighted by molar-refractivity contribution is 0.153. The molecule has 2 aromatic carbocycles. The molecular weight excluding hydrogens is 444 g/mol. The summed E-state index contributed by atoms with van der Waals surface area (Å²) >= 11 is 0. The van der Waals surface area contributed by atoms with Gasteiger partial charge in [-0.3, -0.25) is 9.88 Å². The van der Waals surface area contributed by atoms with E-state index < -0.39 is 0 Å². The van der Waals surface area contributed by atoms with Crippen LogP contribution in [0.3, 0.4) is 0 Å². The van der Waals surface area contributed by atoms with Gasteiger partial charge in [0.25, 0.3) is 0 Å². The van der Waals surface area contributed by atoms with Crippen LogP contribution in [0.2, 0.25) is 0 Å². The van der Waals surface area contributed by atoms with E-state index in [1.807, 2.05) is 24.5 Å². The van der Waals surface area contributed by atoms with Crippen LogP contribution in [0.4, 0.5) is 0 Å². The van der Waals surface area contributed by atoms with E-state index in [4.69, 9.17) is 9.97 Å². The third kappa shape index (κ3) is 5.10. The van der Waals surface area contributed by atoms with Crippen molar-refractivity contribution >= 4 is 11.0 Å². The van der Waals surface area contributed by atoms with Gasteiger partial charge in [-0.05, 0) is 66.3 Å². The molecule has 0 spiro atoms. The van der Waals surface area contributed by atoms with Crippen LogP contribution in [0.5, 0.6) is 0 Å². The van der Waals surface area contributed by atoms with Crippen molar-refractivity contribution < 1.29 is 0 Å². The topological polar surface area (TPSA) is 72.6 Å². The third-order valence-electron chi connectivity index (χ3n) is 7.11. The van der Waals surface area contributed by atoms with Crippen LogP contribution in [0, 0.1) is 0 Å². The first kappa shape index (κ1) is 22.7. The number of H-pyrrole nitrogens is 2. The van der Waals surface area contributed by atoms with Gasteiger partial charge in [0.05, 0.1) is 29.3 Å². The molecule has 1 unspecified atom stereocenters. The van der Waals surface area contributed by atoms with Gasteiger partial charge < -0.3 is 15.3 Å². The maximum absolute atomic E-state index is 4.89. The number of nitrogens with zero attached hydrogens (tertiary/aromatic N) is 3. The van der Waals surface area contributed by atoms with Crippen LogP contribution in [0.25, 0.3) is 11.0 Å². The zero-order valence-corrected chi connectivity index (χ0v) is 20.5. The van der Waals surface area contributed by atoms with Crippen molar-refractivity contribution in [2.45, 2.75) is 51.5 Å². The Hall–Kier alpha value is -3.74. The standard InChI is InChI=1S/C30H32N6/c1-2-10-27-26(9-1)34-29(35-27)21-36(28-11-3-6-24-7-4-17-33-30(24)28)20-23-14-12-22(13-15-23)18-31-19-25-8-5-16-32-25/h1-2,4-5,7-10,12-17,28,31-32H,3,6,11,18-21H2,(H,34,35). The summed E-state index contributed by atoms with van der Waals surface area (Å²) in [5.74, 6) is 1.00. The second-order valence-electron chi connectivity index (χ2n) is 9.68. The number of aromatic amines is 2. The number of imidazole rings is 1. The fraction of sp³-hybridized carbons (Fsp3) is 0.267. The highest BCUT2D eigenvalue weighted by Gasteiger charge is 2.28. The first-order valence-corrected chi connectivity index (χ1v) is 12.8. The van der Waals surface area contributed by atoms with Gasteiger partial charge in [-0.25, -0.2) is 4.98 Å². The summed E-state index contributed by atoms with van der Waals surface area (Å²) in [4.78, 5) is 19.0. The summed E-state index contributed by atoms with van der Waals surface area (Å²) in [6, 6.07) is 26.0. The normalized spacial score (nSPS) is 15.4. The molecule has 1 atom stereocenters. The number of pyridine rings is 1. The Morgan fingerprint density at radius 2 is 1.78 bits per heavy atom. The Balaban J connectivity index is 1.21. The van der Waals surface area contributed by atoms with Crippen molar-refractivity contribution in [1.29, 1.82) is 0 Å². The van der Waals surface area contributed by atoms with Gasteiger partial charge in [0.2, 0.25) is 0 Å². The molecule has 1 aliphatic rings. The van der Waals surface area contributed by atoms with Crippen LogP contribution in [-0.4, -0.2) is 24.8 Å². The van der Waals surface area contributed by atoms with Gasteiger partial charge in [0.1, 0.15) is 5.82 Å².